The molecule has 126 valence electrons. The Morgan fingerprint density at radius 2 is 2.22 bits per heavy atom. The van der Waals surface area contributed by atoms with Gasteiger partial charge in [0.15, 0.2) is 17.7 Å². The van der Waals surface area contributed by atoms with Crippen molar-refractivity contribution in [2.75, 3.05) is 19.8 Å². The lowest BCUT2D eigenvalue weighted by Gasteiger charge is -2.36. The minimum absolute atomic E-state index is 0.00995. The van der Waals surface area contributed by atoms with Gasteiger partial charge in [0, 0.05) is 6.54 Å². The average molecular weight is 325 g/mol. The van der Waals surface area contributed by atoms with E-state index in [4.69, 9.17) is 14.6 Å². The molecule has 1 aromatic rings. The summed E-state index contributed by atoms with van der Waals surface area (Å²) in [5.41, 5.74) is 0. The first-order chi connectivity index (χ1) is 11.0. The van der Waals surface area contributed by atoms with E-state index in [1.165, 1.54) is 23.1 Å². The number of carboxylic acids is 1. The van der Waals surface area contributed by atoms with E-state index in [0.29, 0.717) is 19.6 Å². The summed E-state index contributed by atoms with van der Waals surface area (Å²) in [6.45, 7) is 2.58. The molecule has 0 aromatic heterocycles. The van der Waals surface area contributed by atoms with Gasteiger partial charge in [0.25, 0.3) is 5.91 Å². The molecule has 2 unspecified atom stereocenters. The molecule has 0 saturated carbocycles. The van der Waals surface area contributed by atoms with Crippen LogP contribution in [0.1, 0.15) is 19.8 Å². The maximum atomic E-state index is 13.7. The molecule has 1 aliphatic rings. The van der Waals surface area contributed by atoms with Gasteiger partial charge in [-0.15, -0.1) is 0 Å². The Kier molecular flexibility index (Phi) is 5.92. The molecule has 1 fully saturated rings. The molecule has 0 radical (unpaired) electrons. The highest BCUT2D eigenvalue weighted by Gasteiger charge is 2.33. The van der Waals surface area contributed by atoms with Crippen molar-refractivity contribution in [2.24, 2.45) is 0 Å². The predicted octanol–water partition coefficient (Wildman–Crippen LogP) is 1.69. The van der Waals surface area contributed by atoms with Crippen LogP contribution >= 0.6 is 0 Å². The molecule has 0 spiro atoms. The largest absolute Gasteiger partial charge is 0.481 e. The highest BCUT2D eigenvalue weighted by molar-refractivity contribution is 5.82. The fourth-order valence-corrected chi connectivity index (χ4v) is 2.50. The topological polar surface area (TPSA) is 76.1 Å². The molecule has 1 aromatic carbocycles. The van der Waals surface area contributed by atoms with Crippen molar-refractivity contribution in [2.45, 2.75) is 31.9 Å². The van der Waals surface area contributed by atoms with Gasteiger partial charge in [-0.1, -0.05) is 19.1 Å². The number of hydrogen-bond acceptors (Lipinski definition) is 4. The number of amides is 1. The van der Waals surface area contributed by atoms with Gasteiger partial charge in [0.1, 0.15) is 0 Å². The highest BCUT2D eigenvalue weighted by atomic mass is 19.1. The Labute approximate surface area is 133 Å². The van der Waals surface area contributed by atoms with Crippen molar-refractivity contribution in [3.8, 4) is 5.75 Å². The van der Waals surface area contributed by atoms with Crippen LogP contribution in [0.5, 0.6) is 5.75 Å². The van der Waals surface area contributed by atoms with Gasteiger partial charge in [-0.2, -0.15) is 0 Å². The fourth-order valence-electron chi connectivity index (χ4n) is 2.50. The Hall–Kier alpha value is -2.15. The van der Waals surface area contributed by atoms with Crippen molar-refractivity contribution in [3.63, 3.8) is 0 Å². The summed E-state index contributed by atoms with van der Waals surface area (Å²) < 4.78 is 24.5. The third kappa shape index (κ3) is 4.41. The summed E-state index contributed by atoms with van der Waals surface area (Å²) in [5.74, 6) is -1.87. The molecule has 0 bridgehead atoms. The van der Waals surface area contributed by atoms with Gasteiger partial charge in [-0.05, 0) is 18.6 Å². The van der Waals surface area contributed by atoms with Crippen LogP contribution in [0.15, 0.2) is 24.3 Å². The van der Waals surface area contributed by atoms with Gasteiger partial charge < -0.3 is 19.5 Å². The summed E-state index contributed by atoms with van der Waals surface area (Å²) in [6.07, 6.45) is -0.701. The fraction of sp³-hybridized carbons (Fsp3) is 0.500. The SMILES string of the molecule is CCC(Oc1ccccc1F)C(=O)N1CCOCC1CC(=O)O. The van der Waals surface area contributed by atoms with E-state index >= 15 is 0 Å². The Morgan fingerprint density at radius 1 is 1.48 bits per heavy atom. The summed E-state index contributed by atoms with van der Waals surface area (Å²) in [5, 5.41) is 8.96. The molecule has 7 heteroatoms. The molecule has 1 N–H and O–H groups in total. The number of para-hydroxylation sites is 1. The van der Waals surface area contributed by atoms with Crippen LogP contribution in [0.2, 0.25) is 0 Å². The molecule has 0 aliphatic carbocycles. The standard InChI is InChI=1S/C16H20FNO5/c1-2-13(23-14-6-4-3-5-12(14)17)16(21)18-7-8-22-10-11(18)9-15(19)20/h3-6,11,13H,2,7-10H2,1H3,(H,19,20). The minimum Gasteiger partial charge on any atom is -0.481 e. The second kappa shape index (κ2) is 7.92. The number of benzene rings is 1. The van der Waals surface area contributed by atoms with Crippen LogP contribution in [0.3, 0.4) is 0 Å². The predicted molar refractivity (Wildman–Crippen MR) is 79.7 cm³/mol. The quantitative estimate of drug-likeness (QED) is 0.861. The Balaban J connectivity index is 2.11. The van der Waals surface area contributed by atoms with E-state index in [2.05, 4.69) is 0 Å². The molecule has 2 rings (SSSR count). The van der Waals surface area contributed by atoms with Crippen molar-refractivity contribution in [1.82, 2.24) is 4.90 Å². The van der Waals surface area contributed by atoms with E-state index in [1.54, 1.807) is 13.0 Å². The molecule has 2 atom stereocenters. The second-order valence-electron chi connectivity index (χ2n) is 5.30. The minimum atomic E-state index is -0.999. The van der Waals surface area contributed by atoms with Crippen molar-refractivity contribution >= 4 is 11.9 Å². The normalized spacial score (nSPS) is 19.2. The molecule has 1 saturated heterocycles. The summed E-state index contributed by atoms with van der Waals surface area (Å²) in [6, 6.07) is 5.34. The zero-order valence-electron chi connectivity index (χ0n) is 12.9. The van der Waals surface area contributed by atoms with E-state index in [0.717, 1.165) is 0 Å². The number of morpholine rings is 1. The van der Waals surface area contributed by atoms with Gasteiger partial charge in [-0.3, -0.25) is 9.59 Å². The van der Waals surface area contributed by atoms with Crippen LogP contribution in [0.4, 0.5) is 4.39 Å². The lowest BCUT2D eigenvalue weighted by Crippen LogP contribution is -2.53. The summed E-state index contributed by atoms with van der Waals surface area (Å²) in [4.78, 5) is 25.1. The van der Waals surface area contributed by atoms with Crippen LogP contribution in [0.25, 0.3) is 0 Å². The van der Waals surface area contributed by atoms with E-state index < -0.39 is 23.9 Å². The van der Waals surface area contributed by atoms with Crippen LogP contribution < -0.4 is 4.74 Å². The number of carbonyl (C=O) groups is 2. The van der Waals surface area contributed by atoms with Gasteiger partial charge >= 0.3 is 5.97 Å². The van der Waals surface area contributed by atoms with Crippen molar-refractivity contribution in [3.05, 3.63) is 30.1 Å². The smallest absolute Gasteiger partial charge is 0.305 e. The average Bonchev–Trinajstić information content (AvgIpc) is 2.53. The van der Waals surface area contributed by atoms with E-state index in [-0.39, 0.29) is 24.7 Å². The first-order valence-corrected chi connectivity index (χ1v) is 7.54. The zero-order valence-corrected chi connectivity index (χ0v) is 12.9. The van der Waals surface area contributed by atoms with Crippen LogP contribution in [-0.4, -0.2) is 53.8 Å². The first-order valence-electron chi connectivity index (χ1n) is 7.54. The Bertz CT molecular complexity index is 565. The van der Waals surface area contributed by atoms with E-state index in [1.807, 2.05) is 0 Å². The molecule has 1 amide bonds. The number of hydrogen-bond donors (Lipinski definition) is 1. The lowest BCUT2D eigenvalue weighted by molar-refractivity contribution is -0.151. The molecule has 1 aliphatic heterocycles. The number of aliphatic carboxylic acids is 1. The number of rotatable bonds is 6. The van der Waals surface area contributed by atoms with Crippen LogP contribution in [0, 0.1) is 5.82 Å². The molecular weight excluding hydrogens is 305 g/mol. The van der Waals surface area contributed by atoms with Gasteiger partial charge in [-0.25, -0.2) is 4.39 Å². The van der Waals surface area contributed by atoms with Gasteiger partial charge in [0.2, 0.25) is 0 Å². The number of ether oxygens (including phenoxy) is 2. The van der Waals surface area contributed by atoms with Crippen molar-refractivity contribution in [1.29, 1.82) is 0 Å². The molecule has 6 nitrogen and oxygen atoms in total. The lowest BCUT2D eigenvalue weighted by atomic mass is 10.1. The Morgan fingerprint density at radius 3 is 2.87 bits per heavy atom. The maximum Gasteiger partial charge on any atom is 0.305 e. The van der Waals surface area contributed by atoms with Crippen LogP contribution in [-0.2, 0) is 14.3 Å². The van der Waals surface area contributed by atoms with Crippen molar-refractivity contribution < 1.29 is 28.6 Å². The highest BCUT2D eigenvalue weighted by Crippen LogP contribution is 2.21. The third-order valence-corrected chi connectivity index (χ3v) is 3.67. The number of carboxylic acid groups (broad SMARTS) is 1. The van der Waals surface area contributed by atoms with E-state index in [9.17, 15) is 14.0 Å². The first kappa shape index (κ1) is 17.2. The maximum absolute atomic E-state index is 13.7. The second-order valence-corrected chi connectivity index (χ2v) is 5.30. The van der Waals surface area contributed by atoms with Gasteiger partial charge in [0.05, 0.1) is 25.7 Å². The number of halogens is 1. The monoisotopic (exact) mass is 325 g/mol. The zero-order chi connectivity index (χ0) is 16.8. The summed E-state index contributed by atoms with van der Waals surface area (Å²) in [7, 11) is 0. The molecular formula is C16H20FNO5. The molecule has 1 heterocycles. The summed E-state index contributed by atoms with van der Waals surface area (Å²) >= 11 is 0. The molecule has 23 heavy (non-hydrogen) atoms. The number of carbonyl (C=O) groups excluding carboxylic acids is 1. The number of nitrogens with zero attached hydrogens (tertiary/aromatic N) is 1. The third-order valence-electron chi connectivity index (χ3n) is 3.67.